The fraction of sp³-hybridized carbons (Fsp3) is 0.278. The van der Waals surface area contributed by atoms with E-state index in [1.165, 1.54) is 38.0 Å². The summed E-state index contributed by atoms with van der Waals surface area (Å²) in [7, 11) is 1.08. The molecule has 2 rings (SSSR count). The maximum Gasteiger partial charge on any atom is 0.242 e. The third kappa shape index (κ3) is 5.00. The Bertz CT molecular complexity index is 848. The van der Waals surface area contributed by atoms with Gasteiger partial charge in [-0.25, -0.2) is 12.7 Å². The van der Waals surface area contributed by atoms with Crippen molar-refractivity contribution in [2.24, 2.45) is 0 Å². The number of amides is 1. The van der Waals surface area contributed by atoms with Crippen LogP contribution in [0.25, 0.3) is 0 Å². The zero-order valence-electron chi connectivity index (χ0n) is 15.1. The van der Waals surface area contributed by atoms with Crippen molar-refractivity contribution in [2.45, 2.75) is 22.0 Å². The minimum Gasteiger partial charge on any atom is -0.497 e. The maximum atomic E-state index is 12.3. The highest BCUT2D eigenvalue weighted by molar-refractivity contribution is 8.00. The molecule has 0 bridgehead atoms. The summed E-state index contributed by atoms with van der Waals surface area (Å²) in [5, 5.41) is 2.49. The SMILES string of the molecule is COc1ccc(SC(C)C(=O)Nc2ccc(S(=O)(=O)N(C)C)cc2)cc1. The molecule has 0 fully saturated rings. The molecule has 6 nitrogen and oxygen atoms in total. The number of carbonyl (C=O) groups is 1. The van der Waals surface area contributed by atoms with Crippen molar-refractivity contribution in [1.29, 1.82) is 0 Å². The Kier molecular flexibility index (Phi) is 6.69. The van der Waals surface area contributed by atoms with E-state index in [2.05, 4.69) is 5.32 Å². The van der Waals surface area contributed by atoms with Crippen molar-refractivity contribution in [3.8, 4) is 5.75 Å². The van der Waals surface area contributed by atoms with Gasteiger partial charge in [-0.3, -0.25) is 4.79 Å². The van der Waals surface area contributed by atoms with Crippen molar-refractivity contribution in [1.82, 2.24) is 4.31 Å². The first-order valence-corrected chi connectivity index (χ1v) is 10.2. The average molecular weight is 395 g/mol. The van der Waals surface area contributed by atoms with E-state index in [-0.39, 0.29) is 16.1 Å². The molecular weight excluding hydrogens is 372 g/mol. The van der Waals surface area contributed by atoms with Gasteiger partial charge >= 0.3 is 0 Å². The summed E-state index contributed by atoms with van der Waals surface area (Å²) in [6.45, 7) is 1.81. The Balaban J connectivity index is 2.00. The summed E-state index contributed by atoms with van der Waals surface area (Å²) in [6, 6.07) is 13.6. The summed E-state index contributed by atoms with van der Waals surface area (Å²) < 4.78 is 30.4. The van der Waals surface area contributed by atoms with Crippen LogP contribution in [0.4, 0.5) is 5.69 Å². The van der Waals surface area contributed by atoms with Crippen LogP contribution in [0.3, 0.4) is 0 Å². The van der Waals surface area contributed by atoms with E-state index >= 15 is 0 Å². The van der Waals surface area contributed by atoms with Crippen LogP contribution < -0.4 is 10.1 Å². The van der Waals surface area contributed by atoms with E-state index in [1.54, 1.807) is 19.2 Å². The smallest absolute Gasteiger partial charge is 0.242 e. The molecule has 8 heteroatoms. The molecule has 0 aromatic heterocycles. The monoisotopic (exact) mass is 394 g/mol. The molecule has 140 valence electrons. The van der Waals surface area contributed by atoms with Gasteiger partial charge in [-0.05, 0) is 55.5 Å². The fourth-order valence-corrected chi connectivity index (χ4v) is 3.85. The average Bonchev–Trinajstić information content (AvgIpc) is 2.62. The molecule has 0 radical (unpaired) electrons. The number of nitrogens with zero attached hydrogens (tertiary/aromatic N) is 1. The summed E-state index contributed by atoms with van der Waals surface area (Å²) >= 11 is 1.43. The van der Waals surface area contributed by atoms with E-state index in [0.717, 1.165) is 15.0 Å². The van der Waals surface area contributed by atoms with E-state index in [4.69, 9.17) is 4.74 Å². The summed E-state index contributed by atoms with van der Waals surface area (Å²) in [5.41, 5.74) is 0.551. The zero-order chi connectivity index (χ0) is 19.3. The predicted molar refractivity (Wildman–Crippen MR) is 104 cm³/mol. The largest absolute Gasteiger partial charge is 0.497 e. The lowest BCUT2D eigenvalue weighted by Crippen LogP contribution is -2.23. The lowest BCUT2D eigenvalue weighted by atomic mass is 10.3. The highest BCUT2D eigenvalue weighted by atomic mass is 32.2. The van der Waals surface area contributed by atoms with Crippen LogP contribution in [-0.4, -0.2) is 45.1 Å². The molecule has 1 N–H and O–H groups in total. The maximum absolute atomic E-state index is 12.3. The van der Waals surface area contributed by atoms with Crippen LogP contribution in [0.5, 0.6) is 5.75 Å². The Labute approximate surface area is 158 Å². The van der Waals surface area contributed by atoms with Gasteiger partial charge in [0.15, 0.2) is 0 Å². The number of hydrogen-bond donors (Lipinski definition) is 1. The van der Waals surface area contributed by atoms with Crippen LogP contribution >= 0.6 is 11.8 Å². The molecule has 2 aromatic carbocycles. The van der Waals surface area contributed by atoms with Crippen molar-refractivity contribution < 1.29 is 17.9 Å². The van der Waals surface area contributed by atoms with Crippen LogP contribution in [-0.2, 0) is 14.8 Å². The van der Waals surface area contributed by atoms with Gasteiger partial charge in [-0.2, -0.15) is 0 Å². The summed E-state index contributed by atoms with van der Waals surface area (Å²) in [4.78, 5) is 13.5. The fourth-order valence-electron chi connectivity index (χ4n) is 2.08. The third-order valence-corrected chi connectivity index (χ3v) is 6.58. The first kappa shape index (κ1) is 20.3. The summed E-state index contributed by atoms with van der Waals surface area (Å²) in [5.74, 6) is 0.605. The number of thioether (sulfide) groups is 1. The van der Waals surface area contributed by atoms with Gasteiger partial charge < -0.3 is 10.1 Å². The molecule has 0 spiro atoms. The lowest BCUT2D eigenvalue weighted by Gasteiger charge is -2.14. The first-order chi connectivity index (χ1) is 12.2. The number of rotatable bonds is 7. The normalized spacial score (nSPS) is 12.7. The Morgan fingerprint density at radius 2 is 1.65 bits per heavy atom. The van der Waals surface area contributed by atoms with Crippen LogP contribution in [0.15, 0.2) is 58.3 Å². The second kappa shape index (κ2) is 8.57. The number of methoxy groups -OCH3 is 1. The molecule has 1 amide bonds. The second-order valence-corrected chi connectivity index (χ2v) is 9.30. The molecule has 26 heavy (non-hydrogen) atoms. The number of nitrogens with one attached hydrogen (secondary N) is 1. The van der Waals surface area contributed by atoms with Gasteiger partial charge in [-0.1, -0.05) is 0 Å². The Morgan fingerprint density at radius 1 is 1.08 bits per heavy atom. The topological polar surface area (TPSA) is 75.7 Å². The molecule has 0 aliphatic rings. The number of hydrogen-bond acceptors (Lipinski definition) is 5. The molecule has 0 heterocycles. The van der Waals surface area contributed by atoms with Gasteiger partial charge in [0.05, 0.1) is 17.3 Å². The van der Waals surface area contributed by atoms with Crippen LogP contribution in [0.2, 0.25) is 0 Å². The second-order valence-electron chi connectivity index (χ2n) is 5.74. The van der Waals surface area contributed by atoms with Crippen LogP contribution in [0, 0.1) is 0 Å². The van der Waals surface area contributed by atoms with Gasteiger partial charge in [-0.15, -0.1) is 11.8 Å². The minimum absolute atomic E-state index is 0.158. The number of anilines is 1. The van der Waals surface area contributed by atoms with E-state index in [1.807, 2.05) is 31.2 Å². The van der Waals surface area contributed by atoms with Crippen molar-refractivity contribution in [3.05, 3.63) is 48.5 Å². The van der Waals surface area contributed by atoms with Gasteiger partial charge in [0.1, 0.15) is 5.75 Å². The highest BCUT2D eigenvalue weighted by Crippen LogP contribution is 2.26. The van der Waals surface area contributed by atoms with Gasteiger partial charge in [0.25, 0.3) is 0 Å². The van der Waals surface area contributed by atoms with Crippen molar-refractivity contribution >= 4 is 33.4 Å². The molecule has 0 aliphatic heterocycles. The zero-order valence-corrected chi connectivity index (χ0v) is 16.7. The van der Waals surface area contributed by atoms with E-state index < -0.39 is 10.0 Å². The molecule has 2 aromatic rings. The molecule has 0 saturated heterocycles. The van der Waals surface area contributed by atoms with Gasteiger partial charge in [0, 0.05) is 24.7 Å². The number of sulfonamides is 1. The first-order valence-electron chi connectivity index (χ1n) is 7.88. The number of carbonyl (C=O) groups excluding carboxylic acids is 1. The van der Waals surface area contributed by atoms with Crippen molar-refractivity contribution in [2.75, 3.05) is 26.5 Å². The molecule has 1 unspecified atom stereocenters. The number of benzene rings is 2. The summed E-state index contributed by atoms with van der Waals surface area (Å²) in [6.07, 6.45) is 0. The molecular formula is C18H22N2O4S2. The van der Waals surface area contributed by atoms with Crippen LogP contribution in [0.1, 0.15) is 6.92 Å². The van der Waals surface area contributed by atoms with Gasteiger partial charge in [0.2, 0.25) is 15.9 Å². The quantitative estimate of drug-likeness (QED) is 0.731. The minimum atomic E-state index is -3.48. The molecule has 1 atom stereocenters. The predicted octanol–water partition coefficient (Wildman–Crippen LogP) is 3.06. The molecule has 0 aliphatic carbocycles. The molecule has 0 saturated carbocycles. The third-order valence-electron chi connectivity index (χ3n) is 3.64. The highest BCUT2D eigenvalue weighted by Gasteiger charge is 2.18. The van der Waals surface area contributed by atoms with Crippen molar-refractivity contribution in [3.63, 3.8) is 0 Å². The standard InChI is InChI=1S/C18H22N2O4S2/c1-13(25-16-9-7-15(24-4)8-10-16)18(21)19-14-5-11-17(12-6-14)26(22,23)20(2)3/h5-13H,1-4H3,(H,19,21). The van der Waals surface area contributed by atoms with E-state index in [9.17, 15) is 13.2 Å². The Morgan fingerprint density at radius 3 is 2.15 bits per heavy atom. The van der Waals surface area contributed by atoms with E-state index in [0.29, 0.717) is 5.69 Å². The number of ether oxygens (including phenoxy) is 1. The lowest BCUT2D eigenvalue weighted by molar-refractivity contribution is -0.115. The Hall–Kier alpha value is -2.03.